The highest BCUT2D eigenvalue weighted by Gasteiger charge is 2.36. The Labute approximate surface area is 143 Å². The average Bonchev–Trinajstić information content (AvgIpc) is 2.79. The summed E-state index contributed by atoms with van der Waals surface area (Å²) in [4.78, 5) is 26.3. The molecule has 1 aliphatic rings. The maximum absolute atomic E-state index is 12.3. The highest BCUT2D eigenvalue weighted by atomic mass is 35.5. The Morgan fingerprint density at radius 1 is 1.39 bits per heavy atom. The minimum Gasteiger partial charge on any atom is -0.356 e. The standard InChI is InChI=1S/C18H25ClN2O2/c1-11(2)5-6-20-18(23)14-9-16(22)21(10-14)17-13(4)7-12(3)8-15(17)19/h7-8,11,14H,5-6,9-10H2,1-4H3,(H,20,23). The molecule has 2 rings (SSSR count). The molecule has 126 valence electrons. The molecule has 1 N–H and O–H groups in total. The number of nitrogens with one attached hydrogen (secondary N) is 1. The van der Waals surface area contributed by atoms with Crippen LogP contribution in [-0.4, -0.2) is 24.9 Å². The Bertz CT molecular complexity index is 590. The van der Waals surface area contributed by atoms with Crippen molar-refractivity contribution in [1.29, 1.82) is 0 Å². The molecule has 0 radical (unpaired) electrons. The molecular weight excluding hydrogens is 312 g/mol. The second kappa shape index (κ2) is 7.35. The van der Waals surface area contributed by atoms with Crippen LogP contribution >= 0.6 is 11.6 Å². The van der Waals surface area contributed by atoms with Gasteiger partial charge in [-0.15, -0.1) is 0 Å². The Kier molecular flexibility index (Phi) is 5.69. The molecule has 1 heterocycles. The minimum absolute atomic E-state index is 0.0390. The number of anilines is 1. The topological polar surface area (TPSA) is 49.4 Å². The zero-order valence-electron chi connectivity index (χ0n) is 14.3. The maximum Gasteiger partial charge on any atom is 0.227 e. The van der Waals surface area contributed by atoms with Gasteiger partial charge in [-0.1, -0.05) is 31.5 Å². The summed E-state index contributed by atoms with van der Waals surface area (Å²) in [5.41, 5.74) is 2.76. The second-order valence-electron chi connectivity index (χ2n) is 6.79. The number of hydrogen-bond acceptors (Lipinski definition) is 2. The van der Waals surface area contributed by atoms with Crippen molar-refractivity contribution < 1.29 is 9.59 Å². The van der Waals surface area contributed by atoms with Crippen LogP contribution in [0.3, 0.4) is 0 Å². The number of amides is 2. The number of carbonyl (C=O) groups excluding carboxylic acids is 2. The van der Waals surface area contributed by atoms with E-state index in [1.807, 2.05) is 26.0 Å². The van der Waals surface area contributed by atoms with Crippen molar-refractivity contribution in [2.45, 2.75) is 40.5 Å². The van der Waals surface area contributed by atoms with E-state index in [2.05, 4.69) is 19.2 Å². The Hall–Kier alpha value is -1.55. The SMILES string of the molecule is Cc1cc(C)c(N2CC(C(=O)NCCC(C)C)CC2=O)c(Cl)c1. The molecular formula is C18H25ClN2O2. The van der Waals surface area contributed by atoms with E-state index in [1.165, 1.54) is 0 Å². The minimum atomic E-state index is -0.300. The van der Waals surface area contributed by atoms with Gasteiger partial charge >= 0.3 is 0 Å². The van der Waals surface area contributed by atoms with Crippen molar-refractivity contribution >= 4 is 29.1 Å². The van der Waals surface area contributed by atoms with Crippen LogP contribution in [0, 0.1) is 25.7 Å². The van der Waals surface area contributed by atoms with Gasteiger partial charge in [0.2, 0.25) is 11.8 Å². The van der Waals surface area contributed by atoms with Crippen molar-refractivity contribution in [2.24, 2.45) is 11.8 Å². The molecule has 5 heteroatoms. The lowest BCUT2D eigenvalue weighted by atomic mass is 10.1. The molecule has 1 aromatic rings. The van der Waals surface area contributed by atoms with Crippen LogP contribution < -0.4 is 10.2 Å². The van der Waals surface area contributed by atoms with E-state index in [0.717, 1.165) is 23.2 Å². The lowest BCUT2D eigenvalue weighted by Gasteiger charge is -2.21. The fourth-order valence-electron chi connectivity index (χ4n) is 2.98. The van der Waals surface area contributed by atoms with E-state index in [1.54, 1.807) is 4.90 Å². The van der Waals surface area contributed by atoms with E-state index < -0.39 is 0 Å². The van der Waals surface area contributed by atoms with Crippen molar-refractivity contribution in [2.75, 3.05) is 18.0 Å². The lowest BCUT2D eigenvalue weighted by molar-refractivity contribution is -0.126. The molecule has 1 unspecified atom stereocenters. The number of nitrogens with zero attached hydrogens (tertiary/aromatic N) is 1. The molecule has 2 amide bonds. The van der Waals surface area contributed by atoms with Crippen molar-refractivity contribution in [3.8, 4) is 0 Å². The van der Waals surface area contributed by atoms with Gasteiger partial charge in [-0.3, -0.25) is 9.59 Å². The third kappa shape index (κ3) is 4.25. The number of halogens is 1. The zero-order chi connectivity index (χ0) is 17.1. The van der Waals surface area contributed by atoms with E-state index in [4.69, 9.17) is 11.6 Å². The van der Waals surface area contributed by atoms with Gasteiger partial charge in [0.05, 0.1) is 16.6 Å². The Morgan fingerprint density at radius 3 is 2.70 bits per heavy atom. The monoisotopic (exact) mass is 336 g/mol. The van der Waals surface area contributed by atoms with Crippen molar-refractivity contribution in [3.63, 3.8) is 0 Å². The number of carbonyl (C=O) groups is 2. The van der Waals surface area contributed by atoms with Gasteiger partial charge in [0.1, 0.15) is 0 Å². The average molecular weight is 337 g/mol. The number of hydrogen-bond donors (Lipinski definition) is 1. The number of aryl methyl sites for hydroxylation is 2. The fourth-order valence-corrected chi connectivity index (χ4v) is 3.40. The first-order valence-corrected chi connectivity index (χ1v) is 8.52. The third-order valence-corrected chi connectivity index (χ3v) is 4.47. The molecule has 1 aliphatic heterocycles. The number of rotatable bonds is 5. The molecule has 1 fully saturated rings. The van der Waals surface area contributed by atoms with Crippen LogP contribution in [0.1, 0.15) is 37.8 Å². The molecule has 4 nitrogen and oxygen atoms in total. The van der Waals surface area contributed by atoms with E-state index in [-0.39, 0.29) is 24.2 Å². The van der Waals surface area contributed by atoms with Crippen LogP contribution in [-0.2, 0) is 9.59 Å². The van der Waals surface area contributed by atoms with Crippen LogP contribution in [0.5, 0.6) is 0 Å². The smallest absolute Gasteiger partial charge is 0.227 e. The number of benzene rings is 1. The summed E-state index contributed by atoms with van der Waals surface area (Å²) >= 11 is 6.33. The van der Waals surface area contributed by atoms with Gasteiger partial charge in [0, 0.05) is 19.5 Å². The first-order chi connectivity index (χ1) is 10.8. The summed E-state index contributed by atoms with van der Waals surface area (Å²) in [6, 6.07) is 3.86. The van der Waals surface area contributed by atoms with Crippen molar-refractivity contribution in [1.82, 2.24) is 5.32 Å². The highest BCUT2D eigenvalue weighted by Crippen LogP contribution is 2.35. The second-order valence-corrected chi connectivity index (χ2v) is 7.20. The van der Waals surface area contributed by atoms with E-state index >= 15 is 0 Å². The Balaban J connectivity index is 2.07. The van der Waals surface area contributed by atoms with Gasteiger partial charge < -0.3 is 10.2 Å². The first-order valence-electron chi connectivity index (χ1n) is 8.14. The van der Waals surface area contributed by atoms with Crippen LogP contribution in [0.2, 0.25) is 5.02 Å². The molecule has 1 saturated heterocycles. The summed E-state index contributed by atoms with van der Waals surface area (Å²) in [7, 11) is 0. The van der Waals surface area contributed by atoms with E-state index in [9.17, 15) is 9.59 Å². The summed E-state index contributed by atoms with van der Waals surface area (Å²) in [5, 5.41) is 3.50. The predicted molar refractivity (Wildman–Crippen MR) is 93.9 cm³/mol. The van der Waals surface area contributed by atoms with Crippen LogP contribution in [0.15, 0.2) is 12.1 Å². The fraction of sp³-hybridized carbons (Fsp3) is 0.556. The molecule has 23 heavy (non-hydrogen) atoms. The summed E-state index contributed by atoms with van der Waals surface area (Å²) < 4.78 is 0. The summed E-state index contributed by atoms with van der Waals surface area (Å²) in [6.45, 7) is 9.21. The molecule has 1 atom stereocenters. The molecule has 0 spiro atoms. The van der Waals surface area contributed by atoms with Crippen molar-refractivity contribution in [3.05, 3.63) is 28.3 Å². The normalized spacial score (nSPS) is 17.9. The summed E-state index contributed by atoms with van der Waals surface area (Å²) in [6.07, 6.45) is 1.19. The van der Waals surface area contributed by atoms with E-state index in [0.29, 0.717) is 24.0 Å². The zero-order valence-corrected chi connectivity index (χ0v) is 15.0. The molecule has 0 aliphatic carbocycles. The third-order valence-electron chi connectivity index (χ3n) is 4.18. The van der Waals surface area contributed by atoms with Gasteiger partial charge in [-0.2, -0.15) is 0 Å². The molecule has 0 aromatic heterocycles. The van der Waals surface area contributed by atoms with Gasteiger partial charge in [-0.05, 0) is 43.4 Å². The van der Waals surface area contributed by atoms with Crippen LogP contribution in [0.25, 0.3) is 0 Å². The molecule has 1 aromatic carbocycles. The molecule has 0 bridgehead atoms. The van der Waals surface area contributed by atoms with Gasteiger partial charge in [0.15, 0.2) is 0 Å². The van der Waals surface area contributed by atoms with Gasteiger partial charge in [-0.25, -0.2) is 0 Å². The largest absolute Gasteiger partial charge is 0.356 e. The quantitative estimate of drug-likeness (QED) is 0.895. The lowest BCUT2D eigenvalue weighted by Crippen LogP contribution is -2.34. The van der Waals surface area contributed by atoms with Gasteiger partial charge in [0.25, 0.3) is 0 Å². The first kappa shape index (κ1) is 17.8. The predicted octanol–water partition coefficient (Wildman–Crippen LogP) is 3.47. The maximum atomic E-state index is 12.3. The highest BCUT2D eigenvalue weighted by molar-refractivity contribution is 6.34. The Morgan fingerprint density at radius 2 is 2.09 bits per heavy atom. The summed E-state index contributed by atoms with van der Waals surface area (Å²) in [5.74, 6) is 0.169. The van der Waals surface area contributed by atoms with Crippen LogP contribution in [0.4, 0.5) is 5.69 Å². The molecule has 0 saturated carbocycles.